The van der Waals surface area contributed by atoms with Crippen molar-refractivity contribution < 1.29 is 0 Å². The van der Waals surface area contributed by atoms with Crippen molar-refractivity contribution >= 4 is 49.6 Å². The lowest BCUT2D eigenvalue weighted by Gasteiger charge is -1.91. The van der Waals surface area contributed by atoms with Crippen LogP contribution in [0.2, 0.25) is 0 Å². The molecule has 0 saturated carbocycles. The fraction of sp³-hybridized carbons (Fsp3) is 0. The van der Waals surface area contributed by atoms with Gasteiger partial charge in [-0.25, -0.2) is 0 Å². The minimum Gasteiger partial charge on any atom is -0.266 e. The van der Waals surface area contributed by atoms with Gasteiger partial charge in [0.25, 0.3) is 5.56 Å². The molecule has 0 radical (unpaired) electrons. The molecule has 0 unspecified atom stereocenters. The maximum absolute atomic E-state index is 12.4. The largest absolute Gasteiger partial charge is 0.291 e. The standard InChI is InChI=1S/C15H8BrN3OS2/c16-10-5-3-9(4-6-10)8-12-14(20)19-15(22-12)17-13(18-19)11-2-1-7-21-11/h1-8H/b12-8+. The van der Waals surface area contributed by atoms with E-state index < -0.39 is 0 Å². The van der Waals surface area contributed by atoms with E-state index in [2.05, 4.69) is 26.0 Å². The summed E-state index contributed by atoms with van der Waals surface area (Å²) in [6.45, 7) is 0. The molecule has 108 valence electrons. The predicted molar refractivity (Wildman–Crippen MR) is 93.4 cm³/mol. The molecule has 0 fully saturated rings. The maximum atomic E-state index is 12.4. The Balaban J connectivity index is 1.84. The Hall–Kier alpha value is -1.83. The number of aromatic nitrogens is 3. The van der Waals surface area contributed by atoms with E-state index in [1.807, 2.05) is 47.9 Å². The van der Waals surface area contributed by atoms with E-state index in [0.717, 1.165) is 14.9 Å². The third-order valence-electron chi connectivity index (χ3n) is 3.09. The maximum Gasteiger partial charge on any atom is 0.291 e. The van der Waals surface area contributed by atoms with E-state index in [1.54, 1.807) is 11.3 Å². The molecule has 4 aromatic rings. The predicted octanol–water partition coefficient (Wildman–Crippen LogP) is 3.19. The molecule has 4 rings (SSSR count). The Labute approximate surface area is 141 Å². The van der Waals surface area contributed by atoms with Crippen LogP contribution in [0, 0.1) is 0 Å². The number of fused-ring (bicyclic) bond motifs is 1. The van der Waals surface area contributed by atoms with Gasteiger partial charge in [0.05, 0.1) is 9.41 Å². The second-order valence-electron chi connectivity index (χ2n) is 4.57. The average Bonchev–Trinajstić information content (AvgIpc) is 3.20. The first-order chi connectivity index (χ1) is 10.7. The summed E-state index contributed by atoms with van der Waals surface area (Å²) in [5.41, 5.74) is 0.849. The molecule has 3 heterocycles. The molecule has 0 aliphatic heterocycles. The fourth-order valence-electron chi connectivity index (χ4n) is 2.05. The second-order valence-corrected chi connectivity index (χ2v) is 7.45. The van der Waals surface area contributed by atoms with Crippen LogP contribution in [0.15, 0.2) is 51.0 Å². The van der Waals surface area contributed by atoms with Crippen LogP contribution in [0.5, 0.6) is 0 Å². The van der Waals surface area contributed by atoms with Gasteiger partial charge in [-0.2, -0.15) is 9.50 Å². The highest BCUT2D eigenvalue weighted by Gasteiger charge is 2.12. The van der Waals surface area contributed by atoms with Gasteiger partial charge in [0.1, 0.15) is 0 Å². The molecule has 0 N–H and O–H groups in total. The molecule has 0 aliphatic carbocycles. The lowest BCUT2D eigenvalue weighted by molar-refractivity contribution is 0.938. The molecule has 0 amide bonds. The minimum absolute atomic E-state index is 0.127. The average molecular weight is 390 g/mol. The Bertz CT molecular complexity index is 1050. The lowest BCUT2D eigenvalue weighted by atomic mass is 10.2. The summed E-state index contributed by atoms with van der Waals surface area (Å²) in [6.07, 6.45) is 1.86. The van der Waals surface area contributed by atoms with Crippen molar-refractivity contribution in [3.8, 4) is 10.7 Å². The van der Waals surface area contributed by atoms with E-state index in [4.69, 9.17) is 0 Å². The van der Waals surface area contributed by atoms with Crippen LogP contribution in [0.3, 0.4) is 0 Å². The number of thiophene rings is 1. The molecular formula is C15H8BrN3OS2. The number of benzene rings is 1. The van der Waals surface area contributed by atoms with Crippen molar-refractivity contribution in [2.45, 2.75) is 0 Å². The van der Waals surface area contributed by atoms with Crippen molar-refractivity contribution in [2.24, 2.45) is 0 Å². The van der Waals surface area contributed by atoms with Gasteiger partial charge in [0.2, 0.25) is 4.96 Å². The van der Waals surface area contributed by atoms with E-state index in [0.29, 0.717) is 15.3 Å². The molecule has 7 heteroatoms. The molecule has 0 atom stereocenters. The highest BCUT2D eigenvalue weighted by molar-refractivity contribution is 9.10. The van der Waals surface area contributed by atoms with Crippen LogP contribution < -0.4 is 10.1 Å². The summed E-state index contributed by atoms with van der Waals surface area (Å²) in [6, 6.07) is 11.7. The quantitative estimate of drug-likeness (QED) is 0.528. The van der Waals surface area contributed by atoms with Gasteiger partial charge >= 0.3 is 0 Å². The SMILES string of the molecule is O=c1/c(=C\c2ccc(Br)cc2)sc2nc(-c3cccs3)nn12. The zero-order valence-corrected chi connectivity index (χ0v) is 14.3. The minimum atomic E-state index is -0.127. The van der Waals surface area contributed by atoms with Gasteiger partial charge in [-0.3, -0.25) is 4.79 Å². The van der Waals surface area contributed by atoms with Gasteiger partial charge in [-0.05, 0) is 35.2 Å². The number of halogens is 1. The fourth-order valence-corrected chi connectivity index (χ4v) is 3.88. The van der Waals surface area contributed by atoms with E-state index >= 15 is 0 Å². The van der Waals surface area contributed by atoms with Crippen molar-refractivity contribution in [1.82, 2.24) is 14.6 Å². The third kappa shape index (κ3) is 2.41. The summed E-state index contributed by atoms with van der Waals surface area (Å²) in [5, 5.41) is 6.29. The summed E-state index contributed by atoms with van der Waals surface area (Å²) in [5.74, 6) is 0.605. The van der Waals surface area contributed by atoms with E-state index in [1.165, 1.54) is 15.9 Å². The molecule has 0 aliphatic rings. The highest BCUT2D eigenvalue weighted by Crippen LogP contribution is 2.21. The summed E-state index contributed by atoms with van der Waals surface area (Å²) in [4.78, 5) is 18.5. The molecular weight excluding hydrogens is 382 g/mol. The van der Waals surface area contributed by atoms with Gasteiger partial charge in [0, 0.05) is 4.47 Å². The van der Waals surface area contributed by atoms with Gasteiger partial charge in [0.15, 0.2) is 5.82 Å². The summed E-state index contributed by atoms with van der Waals surface area (Å²) < 4.78 is 3.02. The Kier molecular flexibility index (Phi) is 3.40. The van der Waals surface area contributed by atoms with Crippen LogP contribution in [0.25, 0.3) is 21.7 Å². The summed E-state index contributed by atoms with van der Waals surface area (Å²) in [7, 11) is 0. The van der Waals surface area contributed by atoms with Gasteiger partial charge in [-0.1, -0.05) is 45.5 Å². The first kappa shape index (κ1) is 13.8. The van der Waals surface area contributed by atoms with Crippen molar-refractivity contribution in [3.05, 3.63) is 66.7 Å². The normalized spacial score (nSPS) is 12.3. The monoisotopic (exact) mass is 389 g/mol. The Morgan fingerprint density at radius 3 is 2.68 bits per heavy atom. The van der Waals surface area contributed by atoms with Crippen LogP contribution in [-0.4, -0.2) is 14.6 Å². The number of rotatable bonds is 2. The van der Waals surface area contributed by atoms with Crippen LogP contribution >= 0.6 is 38.6 Å². The Morgan fingerprint density at radius 2 is 2.00 bits per heavy atom. The van der Waals surface area contributed by atoms with Crippen molar-refractivity contribution in [3.63, 3.8) is 0 Å². The summed E-state index contributed by atoms with van der Waals surface area (Å²) >= 11 is 6.31. The molecule has 4 nitrogen and oxygen atoms in total. The van der Waals surface area contributed by atoms with Crippen molar-refractivity contribution in [2.75, 3.05) is 0 Å². The topological polar surface area (TPSA) is 47.3 Å². The number of thiazole rings is 1. The van der Waals surface area contributed by atoms with Gasteiger partial charge in [-0.15, -0.1) is 16.4 Å². The van der Waals surface area contributed by atoms with E-state index in [-0.39, 0.29) is 5.56 Å². The molecule has 0 bridgehead atoms. The number of hydrogen-bond donors (Lipinski definition) is 0. The molecule has 22 heavy (non-hydrogen) atoms. The Morgan fingerprint density at radius 1 is 1.18 bits per heavy atom. The molecule has 1 aromatic carbocycles. The molecule has 0 saturated heterocycles. The molecule has 0 spiro atoms. The van der Waals surface area contributed by atoms with Gasteiger partial charge < -0.3 is 0 Å². The third-order valence-corrected chi connectivity index (χ3v) is 5.44. The van der Waals surface area contributed by atoms with Crippen molar-refractivity contribution in [1.29, 1.82) is 0 Å². The number of nitrogens with zero attached hydrogens (tertiary/aromatic N) is 3. The zero-order chi connectivity index (χ0) is 15.1. The first-order valence-corrected chi connectivity index (χ1v) is 8.90. The number of hydrogen-bond acceptors (Lipinski definition) is 5. The first-order valence-electron chi connectivity index (χ1n) is 6.41. The smallest absolute Gasteiger partial charge is 0.266 e. The lowest BCUT2D eigenvalue weighted by Crippen LogP contribution is -2.23. The van der Waals surface area contributed by atoms with E-state index in [9.17, 15) is 4.79 Å². The zero-order valence-electron chi connectivity index (χ0n) is 11.1. The van der Waals surface area contributed by atoms with Crippen LogP contribution in [0.4, 0.5) is 0 Å². The van der Waals surface area contributed by atoms with Crippen LogP contribution in [-0.2, 0) is 0 Å². The highest BCUT2D eigenvalue weighted by atomic mass is 79.9. The van der Waals surface area contributed by atoms with Crippen LogP contribution in [0.1, 0.15) is 5.56 Å². The molecule has 3 aromatic heterocycles. The second kappa shape index (κ2) is 5.42.